The first-order chi connectivity index (χ1) is 8.63. The van der Waals surface area contributed by atoms with Crippen LogP contribution in [0.25, 0.3) is 0 Å². The van der Waals surface area contributed by atoms with Crippen molar-refractivity contribution in [2.24, 2.45) is 0 Å². The van der Waals surface area contributed by atoms with Gasteiger partial charge in [0.05, 0.1) is 17.4 Å². The fourth-order valence-electron chi connectivity index (χ4n) is 1.27. The van der Waals surface area contributed by atoms with Crippen LogP contribution in [-0.4, -0.2) is 27.1 Å². The topological polar surface area (TPSA) is 73.8 Å². The van der Waals surface area contributed by atoms with Gasteiger partial charge in [-0.25, -0.2) is 0 Å². The molecule has 0 unspecified atom stereocenters. The zero-order chi connectivity index (χ0) is 13.4. The molecule has 0 amide bonds. The van der Waals surface area contributed by atoms with E-state index in [4.69, 9.17) is 21.1 Å². The van der Waals surface area contributed by atoms with Crippen LogP contribution in [-0.2, 0) is 4.74 Å². The molecule has 0 spiro atoms. The van der Waals surface area contributed by atoms with E-state index in [2.05, 4.69) is 4.65 Å². The van der Waals surface area contributed by atoms with Crippen LogP contribution in [0.2, 0.25) is 5.02 Å². The Morgan fingerprint density at radius 3 is 2.67 bits per heavy atom. The minimum absolute atomic E-state index is 0.136. The molecule has 0 aliphatic carbocycles. The molecule has 0 N–H and O–H groups in total. The third-order valence-electron chi connectivity index (χ3n) is 2.03. The maximum Gasteiger partial charge on any atom is 0.138 e. The summed E-state index contributed by atoms with van der Waals surface area (Å²) in [5.74, 6) is 0.616. The third kappa shape index (κ3) is 5.60. The lowest BCUT2D eigenvalue weighted by atomic mass is 10.2. The van der Waals surface area contributed by atoms with Crippen molar-refractivity contribution in [1.82, 2.24) is 0 Å². The van der Waals surface area contributed by atoms with Crippen LogP contribution >= 0.6 is 11.6 Å². The van der Waals surface area contributed by atoms with Crippen molar-refractivity contribution in [2.75, 3.05) is 19.8 Å². The van der Waals surface area contributed by atoms with E-state index in [0.29, 0.717) is 30.6 Å². The van der Waals surface area contributed by atoms with Gasteiger partial charge in [-0.05, 0) is 19.1 Å². The molecular weight excluding hydrogens is 258 g/mol. The molecule has 100 valence electrons. The molecule has 0 radical (unpaired) electrons. The molecule has 1 aromatic rings. The normalized spacial score (nSPS) is 10.2. The maximum atomic E-state index is 10.3. The summed E-state index contributed by atoms with van der Waals surface area (Å²) in [5, 5.41) is 20.9. The van der Waals surface area contributed by atoms with Crippen molar-refractivity contribution in [3.8, 4) is 11.5 Å². The molecule has 0 aromatic heterocycles. The molecule has 0 atom stereocenters. The Hall–Kier alpha value is -0.945. The highest BCUT2D eigenvalue weighted by Gasteiger charge is 2.03. The quantitative estimate of drug-likeness (QED) is 0.500. The van der Waals surface area contributed by atoms with E-state index in [-0.39, 0.29) is 5.75 Å². The monoisotopic (exact) mass is 272 g/mol. The smallest absolute Gasteiger partial charge is 0.138 e. The summed E-state index contributed by atoms with van der Waals surface area (Å²) in [7, 11) is -2.36. The van der Waals surface area contributed by atoms with Gasteiger partial charge < -0.3 is 24.2 Å². The van der Waals surface area contributed by atoms with Gasteiger partial charge in [0.25, 0.3) is 0 Å². The summed E-state index contributed by atoms with van der Waals surface area (Å²) in [6, 6.07) is 4.40. The second kappa shape index (κ2) is 8.21. The van der Waals surface area contributed by atoms with E-state index < -0.39 is 7.32 Å². The summed E-state index contributed by atoms with van der Waals surface area (Å²) in [6.45, 7) is 3.71. The van der Waals surface area contributed by atoms with Gasteiger partial charge in [0.15, 0.2) is 0 Å². The van der Waals surface area contributed by atoms with Crippen LogP contribution in [0.4, 0.5) is 0 Å². The summed E-state index contributed by atoms with van der Waals surface area (Å²) in [6.07, 6.45) is 0.756. The maximum absolute atomic E-state index is 10.3. The first kappa shape index (κ1) is 15.1. The van der Waals surface area contributed by atoms with Gasteiger partial charge in [0, 0.05) is 25.7 Å². The largest absolute Gasteiger partial charge is 0.860 e. The van der Waals surface area contributed by atoms with Crippen LogP contribution in [0, 0.1) is 0 Å². The predicted octanol–water partition coefficient (Wildman–Crippen LogP) is 0.230. The van der Waals surface area contributed by atoms with Crippen molar-refractivity contribution in [3.63, 3.8) is 0 Å². The molecule has 0 saturated carbocycles. The fraction of sp³-hybridized carbons (Fsp3) is 0.455. The fourth-order valence-corrected chi connectivity index (χ4v) is 1.50. The molecule has 7 heteroatoms. The zero-order valence-electron chi connectivity index (χ0n) is 10.1. The second-order valence-corrected chi connectivity index (χ2v) is 3.80. The number of hydrogen-bond donors (Lipinski definition) is 0. The Kier molecular flexibility index (Phi) is 6.89. The molecule has 0 heterocycles. The number of ether oxygens (including phenoxy) is 2. The van der Waals surface area contributed by atoms with Crippen LogP contribution in [0.5, 0.6) is 11.5 Å². The molecule has 0 fully saturated rings. The van der Waals surface area contributed by atoms with E-state index >= 15 is 0 Å². The predicted molar refractivity (Wildman–Crippen MR) is 64.4 cm³/mol. The molecule has 0 aliphatic rings. The first-order valence-corrected chi connectivity index (χ1v) is 5.99. The van der Waals surface area contributed by atoms with Crippen LogP contribution in [0.3, 0.4) is 0 Å². The minimum Gasteiger partial charge on any atom is -0.860 e. The van der Waals surface area contributed by atoms with E-state index in [1.54, 1.807) is 6.07 Å². The van der Waals surface area contributed by atoms with Gasteiger partial charge in [-0.15, -0.1) is 0 Å². The van der Waals surface area contributed by atoms with Gasteiger partial charge in [0.2, 0.25) is 0 Å². The lowest BCUT2D eigenvalue weighted by molar-refractivity contribution is -0.372. The Balaban J connectivity index is 2.42. The highest BCUT2D eigenvalue weighted by Crippen LogP contribution is 2.28. The van der Waals surface area contributed by atoms with E-state index in [0.717, 1.165) is 6.42 Å². The third-order valence-corrected chi connectivity index (χ3v) is 2.33. The highest BCUT2D eigenvalue weighted by atomic mass is 35.5. The SMILES string of the molecule is CCOCCCOc1ccc(OB([O-])[O-])cc1Cl. The van der Waals surface area contributed by atoms with Crippen molar-refractivity contribution in [1.29, 1.82) is 0 Å². The Morgan fingerprint density at radius 1 is 1.28 bits per heavy atom. The van der Waals surface area contributed by atoms with Crippen molar-refractivity contribution < 1.29 is 24.2 Å². The summed E-state index contributed by atoms with van der Waals surface area (Å²) < 4.78 is 15.0. The Bertz CT molecular complexity index is 361. The molecule has 0 aliphatic heterocycles. The van der Waals surface area contributed by atoms with Gasteiger partial charge >= 0.3 is 0 Å². The van der Waals surface area contributed by atoms with Gasteiger partial charge in [-0.3, -0.25) is 0 Å². The van der Waals surface area contributed by atoms with Gasteiger partial charge in [-0.1, -0.05) is 11.6 Å². The average Bonchev–Trinajstić information content (AvgIpc) is 2.30. The van der Waals surface area contributed by atoms with E-state index in [1.165, 1.54) is 12.1 Å². The molecule has 5 nitrogen and oxygen atoms in total. The summed E-state index contributed by atoms with van der Waals surface area (Å²) in [4.78, 5) is 0. The van der Waals surface area contributed by atoms with Crippen LogP contribution in [0.15, 0.2) is 18.2 Å². The minimum atomic E-state index is -2.36. The first-order valence-electron chi connectivity index (χ1n) is 5.62. The molecule has 1 aromatic carbocycles. The zero-order valence-corrected chi connectivity index (χ0v) is 10.8. The standard InChI is InChI=1S/C11H14BClO5/c1-2-16-6-3-7-17-11-5-4-9(8-10(11)13)18-12(14)15/h4-5,8H,2-3,6-7H2,1H3/q-2. The van der Waals surface area contributed by atoms with E-state index in [1.807, 2.05) is 6.92 Å². The van der Waals surface area contributed by atoms with Crippen molar-refractivity contribution in [2.45, 2.75) is 13.3 Å². The molecule has 18 heavy (non-hydrogen) atoms. The van der Waals surface area contributed by atoms with Crippen LogP contribution < -0.4 is 19.4 Å². The Labute approximate surface area is 111 Å². The number of rotatable bonds is 8. The van der Waals surface area contributed by atoms with Gasteiger partial charge in [0.1, 0.15) is 13.1 Å². The summed E-state index contributed by atoms with van der Waals surface area (Å²) in [5.41, 5.74) is 0. The Morgan fingerprint density at radius 2 is 2.06 bits per heavy atom. The van der Waals surface area contributed by atoms with Crippen molar-refractivity contribution >= 4 is 18.9 Å². The molecule has 0 bridgehead atoms. The van der Waals surface area contributed by atoms with Crippen molar-refractivity contribution in [3.05, 3.63) is 23.2 Å². The molecular formula is C11H14BClO5-2. The van der Waals surface area contributed by atoms with Gasteiger partial charge in [-0.2, -0.15) is 0 Å². The average molecular weight is 272 g/mol. The number of halogens is 1. The molecule has 1 rings (SSSR count). The lowest BCUT2D eigenvalue weighted by Crippen LogP contribution is -2.50. The number of hydrogen-bond acceptors (Lipinski definition) is 5. The number of benzene rings is 1. The van der Waals surface area contributed by atoms with Crippen LogP contribution in [0.1, 0.15) is 13.3 Å². The lowest BCUT2D eigenvalue weighted by Gasteiger charge is -2.26. The van der Waals surface area contributed by atoms with E-state index in [9.17, 15) is 10.0 Å². The summed E-state index contributed by atoms with van der Waals surface area (Å²) >= 11 is 5.91. The highest BCUT2D eigenvalue weighted by molar-refractivity contribution is 6.32. The second-order valence-electron chi connectivity index (χ2n) is 3.40. The molecule has 0 saturated heterocycles.